The maximum absolute atomic E-state index is 12.9. The highest BCUT2D eigenvalue weighted by Gasteiger charge is 2.35. The highest BCUT2D eigenvalue weighted by atomic mass is 32.1. The van der Waals surface area contributed by atoms with Crippen molar-refractivity contribution in [2.45, 2.75) is 46.0 Å². The topological polar surface area (TPSA) is 109 Å². The van der Waals surface area contributed by atoms with Crippen molar-refractivity contribution in [3.63, 3.8) is 0 Å². The largest absolute Gasteiger partial charge is 0.481 e. The van der Waals surface area contributed by atoms with Gasteiger partial charge in [-0.15, -0.1) is 11.3 Å². The first-order valence-corrected chi connectivity index (χ1v) is 11.0. The molecule has 4 N–H and O–H groups in total. The van der Waals surface area contributed by atoms with Crippen LogP contribution in [0.2, 0.25) is 0 Å². The van der Waals surface area contributed by atoms with Gasteiger partial charge in [0.05, 0.1) is 17.4 Å². The van der Waals surface area contributed by atoms with Crippen LogP contribution in [0.5, 0.6) is 0 Å². The van der Waals surface area contributed by atoms with E-state index in [0.29, 0.717) is 23.4 Å². The lowest BCUT2D eigenvalue weighted by molar-refractivity contribution is -0.146. The van der Waals surface area contributed by atoms with E-state index in [1.165, 1.54) is 16.9 Å². The minimum Gasteiger partial charge on any atom is -0.481 e. The van der Waals surface area contributed by atoms with Crippen molar-refractivity contribution < 1.29 is 19.5 Å². The van der Waals surface area contributed by atoms with Crippen LogP contribution in [0.4, 0.5) is 5.00 Å². The number of nitrogens with two attached hydrogens (primary N) is 1. The Hall–Kier alpha value is -2.93. The molecule has 3 rings (SSSR count). The van der Waals surface area contributed by atoms with Crippen LogP contribution in [0.15, 0.2) is 36.4 Å². The van der Waals surface area contributed by atoms with Crippen LogP contribution in [-0.2, 0) is 15.0 Å². The van der Waals surface area contributed by atoms with Gasteiger partial charge in [0.15, 0.2) is 0 Å². The van der Waals surface area contributed by atoms with Gasteiger partial charge < -0.3 is 16.2 Å². The van der Waals surface area contributed by atoms with Gasteiger partial charge in [0, 0.05) is 10.4 Å². The molecule has 164 valence electrons. The molecule has 1 aromatic heterocycles. The van der Waals surface area contributed by atoms with Crippen molar-refractivity contribution >= 4 is 34.1 Å². The van der Waals surface area contributed by atoms with Crippen molar-refractivity contribution in [3.8, 4) is 11.1 Å². The Morgan fingerprint density at radius 3 is 2.16 bits per heavy atom. The molecule has 1 aromatic carbocycles. The second-order valence-electron chi connectivity index (χ2n) is 8.91. The summed E-state index contributed by atoms with van der Waals surface area (Å²) >= 11 is 1.28. The predicted octanol–water partition coefficient (Wildman–Crippen LogP) is 4.73. The van der Waals surface area contributed by atoms with Gasteiger partial charge in [-0.2, -0.15) is 0 Å². The molecule has 0 radical (unpaired) electrons. The molecule has 1 aliphatic carbocycles. The van der Waals surface area contributed by atoms with Gasteiger partial charge in [-0.25, -0.2) is 0 Å². The monoisotopic (exact) mass is 440 g/mol. The first-order valence-electron chi connectivity index (χ1n) is 10.2. The second kappa shape index (κ2) is 8.67. The first kappa shape index (κ1) is 22.7. The minimum absolute atomic E-state index is 0.00297. The number of hydrogen-bond acceptors (Lipinski definition) is 4. The van der Waals surface area contributed by atoms with Crippen molar-refractivity contribution in [2.75, 3.05) is 5.32 Å². The van der Waals surface area contributed by atoms with Crippen LogP contribution in [0.25, 0.3) is 11.1 Å². The van der Waals surface area contributed by atoms with Gasteiger partial charge in [-0.3, -0.25) is 14.4 Å². The summed E-state index contributed by atoms with van der Waals surface area (Å²) < 4.78 is 0. The number of carbonyl (C=O) groups excluding carboxylic acids is 2. The number of carbonyl (C=O) groups is 3. The molecule has 0 aliphatic heterocycles. The highest BCUT2D eigenvalue weighted by molar-refractivity contribution is 7.17. The van der Waals surface area contributed by atoms with Crippen molar-refractivity contribution in [1.29, 1.82) is 0 Å². The standard InChI is InChI=1S/C24H28N2O4S/c1-13-18(14-9-11-15(12-10-14)24(2,3)4)19(20(25)27)22(31-13)26-21(28)16-7-5-6-8-17(16)23(29)30/h5-6,9-12,16-17H,7-8H2,1-4H3,(H2,25,27)(H,26,28)(H,29,30). The third kappa shape index (κ3) is 4.71. The average Bonchev–Trinajstić information content (AvgIpc) is 3.03. The van der Waals surface area contributed by atoms with E-state index in [1.54, 1.807) is 6.08 Å². The Bertz CT molecular complexity index is 1040. The molecule has 6 nitrogen and oxygen atoms in total. The zero-order valence-corrected chi connectivity index (χ0v) is 19.0. The van der Waals surface area contributed by atoms with Crippen LogP contribution in [0, 0.1) is 18.8 Å². The first-order chi connectivity index (χ1) is 14.5. The molecular formula is C24H28N2O4S. The fraction of sp³-hybridized carbons (Fsp3) is 0.375. The van der Waals surface area contributed by atoms with Crippen molar-refractivity contribution in [2.24, 2.45) is 17.6 Å². The molecule has 31 heavy (non-hydrogen) atoms. The average molecular weight is 441 g/mol. The van der Waals surface area contributed by atoms with Crippen LogP contribution in [0.1, 0.15) is 54.4 Å². The van der Waals surface area contributed by atoms with Crippen LogP contribution >= 0.6 is 11.3 Å². The Labute approximate surface area is 186 Å². The summed E-state index contributed by atoms with van der Waals surface area (Å²) in [5.74, 6) is -3.52. The number of aliphatic carboxylic acids is 1. The number of allylic oxidation sites excluding steroid dienone is 2. The molecule has 0 saturated heterocycles. The van der Waals surface area contributed by atoms with Gasteiger partial charge in [0.1, 0.15) is 5.00 Å². The molecule has 0 spiro atoms. The summed E-state index contributed by atoms with van der Waals surface area (Å²) in [6.07, 6.45) is 4.26. The number of carboxylic acid groups (broad SMARTS) is 1. The molecule has 7 heteroatoms. The van der Waals surface area contributed by atoms with Gasteiger partial charge in [0.2, 0.25) is 5.91 Å². The van der Waals surface area contributed by atoms with E-state index in [2.05, 4.69) is 26.1 Å². The zero-order valence-electron chi connectivity index (χ0n) is 18.2. The Kier molecular flexibility index (Phi) is 6.36. The van der Waals surface area contributed by atoms with E-state index in [-0.39, 0.29) is 11.0 Å². The number of primary amides is 1. The molecule has 2 amide bonds. The second-order valence-corrected chi connectivity index (χ2v) is 10.1. The summed E-state index contributed by atoms with van der Waals surface area (Å²) in [7, 11) is 0. The lowest BCUT2D eigenvalue weighted by Gasteiger charge is -2.24. The molecule has 2 unspecified atom stereocenters. The number of aryl methyl sites for hydroxylation is 1. The number of rotatable bonds is 5. The summed E-state index contributed by atoms with van der Waals surface area (Å²) in [5.41, 5.74) is 8.69. The predicted molar refractivity (Wildman–Crippen MR) is 123 cm³/mol. The number of nitrogens with one attached hydrogen (secondary N) is 1. The van der Waals surface area contributed by atoms with E-state index in [1.807, 2.05) is 37.3 Å². The molecule has 1 heterocycles. The van der Waals surface area contributed by atoms with Crippen molar-refractivity contribution in [1.82, 2.24) is 0 Å². The highest BCUT2D eigenvalue weighted by Crippen LogP contribution is 2.41. The molecule has 0 saturated carbocycles. The van der Waals surface area contributed by atoms with Gasteiger partial charge >= 0.3 is 5.97 Å². The van der Waals surface area contributed by atoms with Gasteiger partial charge in [-0.1, -0.05) is 57.2 Å². The van der Waals surface area contributed by atoms with Crippen LogP contribution in [0.3, 0.4) is 0 Å². The fourth-order valence-corrected chi connectivity index (χ4v) is 5.02. The summed E-state index contributed by atoms with van der Waals surface area (Å²) in [6.45, 7) is 8.27. The summed E-state index contributed by atoms with van der Waals surface area (Å²) in [4.78, 5) is 37.7. The summed E-state index contributed by atoms with van der Waals surface area (Å²) in [5, 5.41) is 12.6. The molecule has 2 aromatic rings. The number of benzene rings is 1. The number of amides is 2. The van der Waals surface area contributed by atoms with Crippen LogP contribution < -0.4 is 11.1 Å². The fourth-order valence-electron chi connectivity index (χ4n) is 3.93. The number of hydrogen-bond donors (Lipinski definition) is 3. The van der Waals surface area contributed by atoms with Gasteiger partial charge in [-0.05, 0) is 36.3 Å². The Balaban J connectivity index is 1.96. The van der Waals surface area contributed by atoms with E-state index in [4.69, 9.17) is 5.73 Å². The van der Waals surface area contributed by atoms with Crippen molar-refractivity contribution in [3.05, 3.63) is 52.4 Å². The maximum Gasteiger partial charge on any atom is 0.307 e. The number of thiophene rings is 1. The molecular weight excluding hydrogens is 412 g/mol. The number of anilines is 1. The molecule has 0 fully saturated rings. The Morgan fingerprint density at radius 2 is 1.65 bits per heavy atom. The van der Waals surface area contributed by atoms with E-state index >= 15 is 0 Å². The molecule has 0 bridgehead atoms. The lowest BCUT2D eigenvalue weighted by atomic mass is 9.82. The lowest BCUT2D eigenvalue weighted by Crippen LogP contribution is -2.35. The smallest absolute Gasteiger partial charge is 0.307 e. The van der Waals surface area contributed by atoms with E-state index < -0.39 is 29.6 Å². The normalized spacial score (nSPS) is 18.6. The van der Waals surface area contributed by atoms with E-state index in [9.17, 15) is 19.5 Å². The maximum atomic E-state index is 12.9. The molecule has 1 aliphatic rings. The zero-order chi connectivity index (χ0) is 22.9. The van der Waals surface area contributed by atoms with Crippen LogP contribution in [-0.4, -0.2) is 22.9 Å². The quantitative estimate of drug-likeness (QED) is 0.584. The minimum atomic E-state index is -0.999. The number of carboxylic acids is 1. The van der Waals surface area contributed by atoms with E-state index in [0.717, 1.165) is 10.4 Å². The SMILES string of the molecule is Cc1sc(NC(=O)C2CC=CCC2C(=O)O)c(C(N)=O)c1-c1ccc(C(C)(C)C)cc1. The third-order valence-corrected chi connectivity index (χ3v) is 6.71. The molecule has 2 atom stereocenters. The van der Waals surface area contributed by atoms with Gasteiger partial charge in [0.25, 0.3) is 5.91 Å². The summed E-state index contributed by atoms with van der Waals surface area (Å²) in [6, 6.07) is 7.97. The third-order valence-electron chi connectivity index (χ3n) is 5.69. The Morgan fingerprint density at radius 1 is 1.06 bits per heavy atom.